The Hall–Kier alpha value is -2.93. The largest absolute Gasteiger partial charge is 0.335 e. The van der Waals surface area contributed by atoms with Gasteiger partial charge in [0.25, 0.3) is 0 Å². The van der Waals surface area contributed by atoms with Gasteiger partial charge in [0.15, 0.2) is 0 Å². The minimum Gasteiger partial charge on any atom is -0.335 e. The molecule has 0 bridgehead atoms. The molecule has 4 heteroatoms. The molecule has 0 saturated carbocycles. The second kappa shape index (κ2) is 7.31. The maximum Gasteiger partial charge on any atom is 0.324 e. The SMILES string of the molecule is C=CN(CC)C(=O)N1CCn2c(C#Cc3cccc(C)c3)ccc2C1. The van der Waals surface area contributed by atoms with E-state index in [2.05, 4.69) is 48.1 Å². The molecule has 128 valence electrons. The maximum atomic E-state index is 12.5. The Morgan fingerprint density at radius 2 is 2.12 bits per heavy atom. The minimum atomic E-state index is 0.0114. The maximum absolute atomic E-state index is 12.5. The Morgan fingerprint density at radius 1 is 1.28 bits per heavy atom. The number of nitrogens with zero attached hydrogens (tertiary/aromatic N) is 3. The molecule has 3 rings (SSSR count). The normalized spacial score (nSPS) is 12.8. The number of carbonyl (C=O) groups excluding carboxylic acids is 1. The molecule has 0 fully saturated rings. The molecule has 2 aromatic rings. The number of amides is 2. The molecule has 25 heavy (non-hydrogen) atoms. The molecule has 0 saturated heterocycles. The zero-order chi connectivity index (χ0) is 17.8. The van der Waals surface area contributed by atoms with Crippen molar-refractivity contribution in [1.29, 1.82) is 0 Å². The molecule has 0 unspecified atom stereocenters. The van der Waals surface area contributed by atoms with Gasteiger partial charge in [0.05, 0.1) is 12.2 Å². The number of carbonyl (C=O) groups is 1. The third kappa shape index (κ3) is 3.61. The predicted octanol–water partition coefficient (Wildman–Crippen LogP) is 3.60. The first kappa shape index (κ1) is 16.9. The zero-order valence-electron chi connectivity index (χ0n) is 14.8. The number of hydrogen-bond acceptors (Lipinski definition) is 1. The van der Waals surface area contributed by atoms with Gasteiger partial charge in [-0.3, -0.25) is 0 Å². The van der Waals surface area contributed by atoms with Crippen LogP contribution in [0.3, 0.4) is 0 Å². The van der Waals surface area contributed by atoms with Crippen molar-refractivity contribution in [3.8, 4) is 11.8 Å². The Kier molecular flexibility index (Phi) is 4.95. The van der Waals surface area contributed by atoms with E-state index in [-0.39, 0.29) is 6.03 Å². The van der Waals surface area contributed by atoms with Crippen molar-refractivity contribution >= 4 is 6.03 Å². The van der Waals surface area contributed by atoms with E-state index in [1.54, 1.807) is 11.1 Å². The van der Waals surface area contributed by atoms with Crippen LogP contribution in [0.25, 0.3) is 0 Å². The van der Waals surface area contributed by atoms with Crippen molar-refractivity contribution in [3.63, 3.8) is 0 Å². The van der Waals surface area contributed by atoms with Gasteiger partial charge in [-0.2, -0.15) is 0 Å². The van der Waals surface area contributed by atoms with Crippen LogP contribution in [0.15, 0.2) is 49.2 Å². The smallest absolute Gasteiger partial charge is 0.324 e. The van der Waals surface area contributed by atoms with Crippen LogP contribution in [0.5, 0.6) is 0 Å². The molecule has 2 amide bonds. The van der Waals surface area contributed by atoms with Gasteiger partial charge in [0, 0.05) is 37.1 Å². The van der Waals surface area contributed by atoms with E-state index >= 15 is 0 Å². The van der Waals surface area contributed by atoms with E-state index in [1.165, 1.54) is 5.56 Å². The summed E-state index contributed by atoms with van der Waals surface area (Å²) in [5, 5.41) is 0. The van der Waals surface area contributed by atoms with Crippen molar-refractivity contribution in [1.82, 2.24) is 14.4 Å². The zero-order valence-corrected chi connectivity index (χ0v) is 14.8. The summed E-state index contributed by atoms with van der Waals surface area (Å²) in [5.41, 5.74) is 4.35. The molecule has 0 aliphatic carbocycles. The fourth-order valence-electron chi connectivity index (χ4n) is 3.06. The lowest BCUT2D eigenvalue weighted by Crippen LogP contribution is -2.44. The summed E-state index contributed by atoms with van der Waals surface area (Å²) in [6.45, 7) is 10.4. The Labute approximate surface area is 149 Å². The van der Waals surface area contributed by atoms with Gasteiger partial charge in [0.1, 0.15) is 0 Å². The van der Waals surface area contributed by atoms with Crippen LogP contribution < -0.4 is 0 Å². The second-order valence-electron chi connectivity index (χ2n) is 6.15. The number of hydrogen-bond donors (Lipinski definition) is 0. The third-order valence-corrected chi connectivity index (χ3v) is 4.45. The van der Waals surface area contributed by atoms with E-state index in [4.69, 9.17) is 0 Å². The summed E-state index contributed by atoms with van der Waals surface area (Å²) in [4.78, 5) is 16.0. The fourth-order valence-corrected chi connectivity index (χ4v) is 3.06. The van der Waals surface area contributed by atoms with Crippen LogP contribution in [-0.2, 0) is 13.1 Å². The molecular weight excluding hydrogens is 310 g/mol. The molecular formula is C21H23N3O. The summed E-state index contributed by atoms with van der Waals surface area (Å²) in [6, 6.07) is 12.3. The minimum absolute atomic E-state index is 0.0114. The highest BCUT2D eigenvalue weighted by Gasteiger charge is 2.24. The highest BCUT2D eigenvalue weighted by Crippen LogP contribution is 2.18. The lowest BCUT2D eigenvalue weighted by atomic mass is 10.1. The number of fused-ring (bicyclic) bond motifs is 1. The monoisotopic (exact) mass is 333 g/mol. The first-order chi connectivity index (χ1) is 12.1. The van der Waals surface area contributed by atoms with Crippen LogP contribution in [0, 0.1) is 18.8 Å². The lowest BCUT2D eigenvalue weighted by molar-refractivity contribution is 0.157. The van der Waals surface area contributed by atoms with Crippen LogP contribution in [0.4, 0.5) is 4.79 Å². The highest BCUT2D eigenvalue weighted by atomic mass is 16.2. The van der Waals surface area contributed by atoms with Crippen LogP contribution in [0.1, 0.15) is 29.4 Å². The van der Waals surface area contributed by atoms with Crippen molar-refractivity contribution < 1.29 is 4.79 Å². The number of aryl methyl sites for hydroxylation is 1. The summed E-state index contributed by atoms with van der Waals surface area (Å²) < 4.78 is 2.21. The van der Waals surface area contributed by atoms with E-state index in [0.29, 0.717) is 19.6 Å². The Bertz CT molecular complexity index is 854. The molecule has 2 heterocycles. The molecule has 0 radical (unpaired) electrons. The quantitative estimate of drug-likeness (QED) is 0.772. The van der Waals surface area contributed by atoms with E-state index in [1.807, 2.05) is 30.0 Å². The first-order valence-electron chi connectivity index (χ1n) is 8.57. The fraction of sp³-hybridized carbons (Fsp3) is 0.286. The summed E-state index contributed by atoms with van der Waals surface area (Å²) >= 11 is 0. The molecule has 1 aliphatic rings. The van der Waals surface area contributed by atoms with Gasteiger partial charge in [-0.1, -0.05) is 24.6 Å². The van der Waals surface area contributed by atoms with Crippen molar-refractivity contribution in [2.24, 2.45) is 0 Å². The number of aromatic nitrogens is 1. The first-order valence-corrected chi connectivity index (χ1v) is 8.57. The molecule has 1 aromatic carbocycles. The average molecular weight is 333 g/mol. The van der Waals surface area contributed by atoms with E-state index in [9.17, 15) is 4.79 Å². The number of rotatable bonds is 2. The van der Waals surface area contributed by atoms with Gasteiger partial charge in [-0.25, -0.2) is 4.79 Å². The Morgan fingerprint density at radius 3 is 2.84 bits per heavy atom. The lowest BCUT2D eigenvalue weighted by Gasteiger charge is -2.32. The summed E-state index contributed by atoms with van der Waals surface area (Å²) in [5.74, 6) is 6.50. The topological polar surface area (TPSA) is 28.5 Å². The van der Waals surface area contributed by atoms with Crippen LogP contribution in [-0.4, -0.2) is 33.5 Å². The molecule has 4 nitrogen and oxygen atoms in total. The van der Waals surface area contributed by atoms with Gasteiger partial charge >= 0.3 is 6.03 Å². The van der Waals surface area contributed by atoms with Crippen molar-refractivity contribution in [2.75, 3.05) is 13.1 Å². The van der Waals surface area contributed by atoms with Gasteiger partial charge < -0.3 is 14.4 Å². The van der Waals surface area contributed by atoms with Crippen LogP contribution in [0.2, 0.25) is 0 Å². The molecule has 0 N–H and O–H groups in total. The molecule has 0 spiro atoms. The highest BCUT2D eigenvalue weighted by molar-refractivity contribution is 5.75. The third-order valence-electron chi connectivity index (χ3n) is 4.45. The van der Waals surface area contributed by atoms with Crippen molar-refractivity contribution in [3.05, 3.63) is 71.7 Å². The Balaban J connectivity index is 1.77. The van der Waals surface area contributed by atoms with Crippen LogP contribution >= 0.6 is 0 Å². The molecule has 1 aliphatic heterocycles. The summed E-state index contributed by atoms with van der Waals surface area (Å²) in [6.07, 6.45) is 1.59. The van der Waals surface area contributed by atoms with Gasteiger partial charge in [0.2, 0.25) is 0 Å². The molecule has 1 aromatic heterocycles. The predicted molar refractivity (Wildman–Crippen MR) is 100.0 cm³/mol. The number of urea groups is 1. The summed E-state index contributed by atoms with van der Waals surface area (Å²) in [7, 11) is 0. The van der Waals surface area contributed by atoms with Gasteiger partial charge in [-0.15, -0.1) is 0 Å². The van der Waals surface area contributed by atoms with Gasteiger partial charge in [-0.05, 0) is 49.6 Å². The van der Waals surface area contributed by atoms with Crippen molar-refractivity contribution in [2.45, 2.75) is 26.9 Å². The average Bonchev–Trinajstić information content (AvgIpc) is 3.03. The number of benzene rings is 1. The standard InChI is InChI=1S/C21H23N3O/c1-4-22(5-2)21(25)23-13-14-24-19(11-12-20(24)16-23)10-9-18-8-6-7-17(3)15-18/h4,6-8,11-12,15H,1,5,13-14,16H2,2-3H3. The van der Waals surface area contributed by atoms with E-state index in [0.717, 1.165) is 23.5 Å². The second-order valence-corrected chi connectivity index (χ2v) is 6.15. The molecule has 0 atom stereocenters. The van der Waals surface area contributed by atoms with E-state index < -0.39 is 0 Å².